The van der Waals surface area contributed by atoms with Crippen LogP contribution in [0.2, 0.25) is 0 Å². The molecule has 13 heavy (non-hydrogen) atoms. The highest BCUT2D eigenvalue weighted by Gasteiger charge is 2.23. The number of phenolic OH excluding ortho intramolecular Hbond substituents is 1. The lowest BCUT2D eigenvalue weighted by atomic mass is 9.93. The van der Waals surface area contributed by atoms with Gasteiger partial charge in [0.1, 0.15) is 5.75 Å². The molecule has 0 heterocycles. The molecule has 0 saturated heterocycles. The summed E-state index contributed by atoms with van der Waals surface area (Å²) in [7, 11) is 0. The summed E-state index contributed by atoms with van der Waals surface area (Å²) in [6.07, 6.45) is 0. The lowest BCUT2D eigenvalue weighted by molar-refractivity contribution is 0.207. The number of benzene rings is 1. The number of nitrogen functional groups attached to an aromatic ring is 1. The number of aliphatic hydroxyl groups excluding tert-OH is 1. The molecule has 1 aromatic rings. The van der Waals surface area contributed by atoms with Gasteiger partial charge in [0.2, 0.25) is 0 Å². The lowest BCUT2D eigenvalue weighted by Gasteiger charge is -2.23. The molecule has 1 aromatic carbocycles. The van der Waals surface area contributed by atoms with Gasteiger partial charge in [-0.05, 0) is 13.0 Å². The van der Waals surface area contributed by atoms with Crippen molar-refractivity contribution in [3.05, 3.63) is 23.8 Å². The summed E-state index contributed by atoms with van der Waals surface area (Å²) in [6, 6.07) is 4.66. The third-order valence-electron chi connectivity index (χ3n) is 1.97. The van der Waals surface area contributed by atoms with Crippen LogP contribution < -0.4 is 11.5 Å². The topological polar surface area (TPSA) is 92.5 Å². The molecule has 4 nitrogen and oxygen atoms in total. The van der Waals surface area contributed by atoms with Gasteiger partial charge < -0.3 is 21.7 Å². The number of aromatic hydroxyl groups is 1. The fourth-order valence-electron chi connectivity index (χ4n) is 1.12. The first-order valence-corrected chi connectivity index (χ1v) is 3.96. The van der Waals surface area contributed by atoms with E-state index in [1.807, 2.05) is 0 Å². The normalized spacial score (nSPS) is 15.3. The average molecular weight is 182 g/mol. The Balaban J connectivity index is 3.16. The summed E-state index contributed by atoms with van der Waals surface area (Å²) in [5, 5.41) is 18.5. The minimum Gasteiger partial charge on any atom is -0.508 e. The first-order valence-electron chi connectivity index (χ1n) is 3.96. The molecule has 72 valence electrons. The fraction of sp³-hybridized carbons (Fsp3) is 0.333. The van der Waals surface area contributed by atoms with Crippen LogP contribution in [0.4, 0.5) is 5.69 Å². The molecule has 0 aromatic heterocycles. The average Bonchev–Trinajstić information content (AvgIpc) is 2.03. The van der Waals surface area contributed by atoms with E-state index in [1.165, 1.54) is 6.07 Å². The second kappa shape index (κ2) is 3.24. The zero-order chi connectivity index (χ0) is 10.1. The van der Waals surface area contributed by atoms with Crippen LogP contribution in [0.5, 0.6) is 5.75 Å². The molecular weight excluding hydrogens is 168 g/mol. The minimum atomic E-state index is -0.933. The van der Waals surface area contributed by atoms with E-state index < -0.39 is 5.54 Å². The van der Waals surface area contributed by atoms with Gasteiger partial charge in [0.05, 0.1) is 12.1 Å². The molecule has 6 N–H and O–H groups in total. The van der Waals surface area contributed by atoms with Crippen LogP contribution >= 0.6 is 0 Å². The van der Waals surface area contributed by atoms with Crippen molar-refractivity contribution in [2.75, 3.05) is 12.3 Å². The molecule has 0 amide bonds. The van der Waals surface area contributed by atoms with E-state index in [-0.39, 0.29) is 12.4 Å². The van der Waals surface area contributed by atoms with E-state index in [0.717, 1.165) is 0 Å². The largest absolute Gasteiger partial charge is 0.508 e. The Morgan fingerprint density at radius 1 is 1.46 bits per heavy atom. The number of aliphatic hydroxyl groups is 1. The first-order chi connectivity index (χ1) is 5.97. The molecule has 0 radical (unpaired) electrons. The Hall–Kier alpha value is -1.26. The van der Waals surface area contributed by atoms with Crippen LogP contribution in [0.25, 0.3) is 0 Å². The predicted octanol–water partition coefficient (Wildman–Crippen LogP) is 0.141. The van der Waals surface area contributed by atoms with E-state index >= 15 is 0 Å². The van der Waals surface area contributed by atoms with Crippen molar-refractivity contribution in [1.82, 2.24) is 0 Å². The van der Waals surface area contributed by atoms with E-state index in [2.05, 4.69) is 0 Å². The number of rotatable bonds is 2. The first kappa shape index (κ1) is 9.83. The van der Waals surface area contributed by atoms with Crippen LogP contribution in [0, 0.1) is 0 Å². The zero-order valence-corrected chi connectivity index (χ0v) is 7.49. The van der Waals surface area contributed by atoms with Crippen LogP contribution in [0.1, 0.15) is 12.5 Å². The molecule has 0 spiro atoms. The van der Waals surface area contributed by atoms with Gasteiger partial charge in [0.15, 0.2) is 0 Å². The van der Waals surface area contributed by atoms with Gasteiger partial charge >= 0.3 is 0 Å². The molecule has 1 atom stereocenters. The van der Waals surface area contributed by atoms with Crippen molar-refractivity contribution < 1.29 is 10.2 Å². The van der Waals surface area contributed by atoms with Gasteiger partial charge in [-0.15, -0.1) is 0 Å². The quantitative estimate of drug-likeness (QED) is 0.489. The molecule has 1 rings (SSSR count). The highest BCUT2D eigenvalue weighted by molar-refractivity contribution is 5.49. The smallest absolute Gasteiger partial charge is 0.122 e. The molecule has 4 heteroatoms. The van der Waals surface area contributed by atoms with Crippen molar-refractivity contribution in [3.8, 4) is 5.75 Å². The van der Waals surface area contributed by atoms with E-state index in [1.54, 1.807) is 19.1 Å². The van der Waals surface area contributed by atoms with Crippen molar-refractivity contribution >= 4 is 5.69 Å². The van der Waals surface area contributed by atoms with E-state index in [4.69, 9.17) is 16.6 Å². The zero-order valence-electron chi connectivity index (χ0n) is 7.49. The lowest BCUT2D eigenvalue weighted by Crippen LogP contribution is -2.36. The van der Waals surface area contributed by atoms with Gasteiger partial charge in [0, 0.05) is 17.3 Å². The summed E-state index contributed by atoms with van der Waals surface area (Å²) in [4.78, 5) is 0. The van der Waals surface area contributed by atoms with Gasteiger partial charge in [-0.25, -0.2) is 0 Å². The Labute approximate surface area is 76.8 Å². The number of hydrogen-bond acceptors (Lipinski definition) is 4. The predicted molar refractivity (Wildman–Crippen MR) is 51.1 cm³/mol. The van der Waals surface area contributed by atoms with E-state index in [9.17, 15) is 5.11 Å². The highest BCUT2D eigenvalue weighted by atomic mass is 16.3. The molecule has 0 fully saturated rings. The number of hydrogen-bond donors (Lipinski definition) is 4. The summed E-state index contributed by atoms with van der Waals surface area (Å²) in [5.74, 6) is 0.0130. The molecular formula is C9H14N2O2. The third kappa shape index (κ3) is 1.91. The maximum absolute atomic E-state index is 9.49. The Kier molecular flexibility index (Phi) is 2.45. The third-order valence-corrected chi connectivity index (χ3v) is 1.97. The van der Waals surface area contributed by atoms with Gasteiger partial charge in [-0.3, -0.25) is 0 Å². The van der Waals surface area contributed by atoms with Crippen LogP contribution in [0.3, 0.4) is 0 Å². The standard InChI is InChI=1S/C9H14N2O2/c1-9(11,5-12)7-3-2-6(10)4-8(7)13/h2-4,12-13H,5,10-11H2,1H3. The minimum absolute atomic E-state index is 0.0130. The monoisotopic (exact) mass is 182 g/mol. The summed E-state index contributed by atoms with van der Waals surface area (Å²) < 4.78 is 0. The second-order valence-electron chi connectivity index (χ2n) is 3.35. The van der Waals surface area contributed by atoms with Crippen molar-refractivity contribution in [1.29, 1.82) is 0 Å². The molecule has 0 aliphatic rings. The van der Waals surface area contributed by atoms with Crippen molar-refractivity contribution in [2.45, 2.75) is 12.5 Å². The van der Waals surface area contributed by atoms with Crippen LogP contribution in [-0.2, 0) is 5.54 Å². The summed E-state index contributed by atoms with van der Waals surface area (Å²) in [6.45, 7) is 1.41. The SMILES string of the molecule is CC(N)(CO)c1ccc(N)cc1O. The Morgan fingerprint density at radius 2 is 2.08 bits per heavy atom. The highest BCUT2D eigenvalue weighted by Crippen LogP contribution is 2.28. The molecule has 0 bridgehead atoms. The van der Waals surface area contributed by atoms with Crippen molar-refractivity contribution in [2.24, 2.45) is 5.73 Å². The molecule has 0 aliphatic heterocycles. The number of phenols is 1. The molecule has 1 unspecified atom stereocenters. The van der Waals surface area contributed by atoms with Gasteiger partial charge in [0.25, 0.3) is 0 Å². The van der Waals surface area contributed by atoms with Gasteiger partial charge in [-0.2, -0.15) is 0 Å². The maximum Gasteiger partial charge on any atom is 0.122 e. The second-order valence-corrected chi connectivity index (χ2v) is 3.35. The van der Waals surface area contributed by atoms with Crippen LogP contribution in [-0.4, -0.2) is 16.8 Å². The molecule has 0 saturated carbocycles. The summed E-state index contributed by atoms with van der Waals surface area (Å²) >= 11 is 0. The Morgan fingerprint density at radius 3 is 2.54 bits per heavy atom. The summed E-state index contributed by atoms with van der Waals surface area (Å²) in [5.41, 5.74) is 11.2. The van der Waals surface area contributed by atoms with Crippen molar-refractivity contribution in [3.63, 3.8) is 0 Å². The van der Waals surface area contributed by atoms with E-state index in [0.29, 0.717) is 11.3 Å². The fourth-order valence-corrected chi connectivity index (χ4v) is 1.12. The maximum atomic E-state index is 9.49. The van der Waals surface area contributed by atoms with Crippen LogP contribution in [0.15, 0.2) is 18.2 Å². The number of nitrogens with two attached hydrogens (primary N) is 2. The Bertz CT molecular complexity index is 310. The molecule has 0 aliphatic carbocycles. The van der Waals surface area contributed by atoms with Gasteiger partial charge in [-0.1, -0.05) is 6.07 Å². The number of anilines is 1.